The van der Waals surface area contributed by atoms with Gasteiger partial charge in [-0.2, -0.15) is 18.3 Å². The van der Waals surface area contributed by atoms with Crippen molar-refractivity contribution in [1.29, 1.82) is 0 Å². The van der Waals surface area contributed by atoms with Gasteiger partial charge in [-0.05, 0) is 35.9 Å². The van der Waals surface area contributed by atoms with Crippen molar-refractivity contribution in [3.05, 3.63) is 78.9 Å². The van der Waals surface area contributed by atoms with Gasteiger partial charge in [-0.3, -0.25) is 9.89 Å². The fourth-order valence-electron chi connectivity index (χ4n) is 4.27. The normalized spacial score (nSPS) is 14.1. The van der Waals surface area contributed by atoms with E-state index in [0.717, 1.165) is 27.8 Å². The van der Waals surface area contributed by atoms with Crippen LogP contribution in [0.25, 0.3) is 33.4 Å². The van der Waals surface area contributed by atoms with Crippen molar-refractivity contribution < 1.29 is 18.0 Å². The second-order valence-electron chi connectivity index (χ2n) is 8.89. The number of anilines is 2. The molecule has 8 nitrogen and oxygen atoms in total. The van der Waals surface area contributed by atoms with Crippen LogP contribution in [-0.2, 0) is 0 Å². The van der Waals surface area contributed by atoms with Gasteiger partial charge in [-0.25, -0.2) is 9.97 Å². The van der Waals surface area contributed by atoms with Crippen LogP contribution in [0.5, 0.6) is 0 Å². The highest BCUT2D eigenvalue weighted by Gasteiger charge is 2.48. The number of likely N-dealkylation sites (tertiary alicyclic amines) is 1. The van der Waals surface area contributed by atoms with Crippen LogP contribution in [0.1, 0.15) is 10.5 Å². The van der Waals surface area contributed by atoms with Gasteiger partial charge in [0.2, 0.25) is 0 Å². The number of nitrogens with one attached hydrogen (secondary N) is 3. The van der Waals surface area contributed by atoms with E-state index in [1.54, 1.807) is 24.5 Å². The third-order valence-electron chi connectivity index (χ3n) is 6.39. The number of amides is 1. The number of fused-ring (bicyclic) bond motifs is 1. The van der Waals surface area contributed by atoms with Crippen LogP contribution < -0.4 is 5.32 Å². The van der Waals surface area contributed by atoms with Gasteiger partial charge in [-0.15, -0.1) is 0 Å². The molecule has 0 spiro atoms. The molecule has 11 heteroatoms. The molecule has 5 aromatic rings. The predicted octanol–water partition coefficient (Wildman–Crippen LogP) is 5.39. The molecule has 0 saturated carbocycles. The first-order chi connectivity index (χ1) is 17.8. The summed E-state index contributed by atoms with van der Waals surface area (Å²) in [4.78, 5) is 25.8. The molecule has 4 heterocycles. The van der Waals surface area contributed by atoms with Gasteiger partial charge in [0.25, 0.3) is 5.91 Å². The average molecular weight is 503 g/mol. The van der Waals surface area contributed by atoms with Crippen molar-refractivity contribution in [2.75, 3.05) is 18.4 Å². The number of hydrogen-bond donors (Lipinski definition) is 3. The monoisotopic (exact) mass is 503 g/mol. The van der Waals surface area contributed by atoms with Crippen LogP contribution >= 0.6 is 0 Å². The van der Waals surface area contributed by atoms with Crippen molar-refractivity contribution in [3.8, 4) is 22.5 Å². The number of aromatic amines is 2. The first-order valence-corrected chi connectivity index (χ1v) is 11.5. The molecule has 1 saturated heterocycles. The smallest absolute Gasteiger partial charge is 0.351 e. The Hall–Kier alpha value is -4.67. The second-order valence-corrected chi connectivity index (χ2v) is 8.89. The summed E-state index contributed by atoms with van der Waals surface area (Å²) >= 11 is 0. The quantitative estimate of drug-likeness (QED) is 0.298. The number of aromatic nitrogens is 5. The number of rotatable bonds is 5. The maximum absolute atomic E-state index is 12.8. The third-order valence-corrected chi connectivity index (χ3v) is 6.39. The number of carbonyl (C=O) groups is 1. The summed E-state index contributed by atoms with van der Waals surface area (Å²) in [5.74, 6) is -0.806. The Morgan fingerprint density at radius 3 is 2.51 bits per heavy atom. The molecule has 1 aliphatic heterocycles. The molecular formula is C26H20F3N7O. The number of hydrogen-bond acceptors (Lipinski definition) is 5. The maximum Gasteiger partial charge on any atom is 0.395 e. The van der Waals surface area contributed by atoms with Gasteiger partial charge in [0.05, 0.1) is 12.1 Å². The highest BCUT2D eigenvalue weighted by Crippen LogP contribution is 2.34. The van der Waals surface area contributed by atoms with E-state index >= 15 is 0 Å². The number of nitrogens with zero attached hydrogens (tertiary/aromatic N) is 4. The molecule has 0 unspecified atom stereocenters. The summed E-state index contributed by atoms with van der Waals surface area (Å²) in [6, 6.07) is 16.8. The molecule has 3 aromatic heterocycles. The third kappa shape index (κ3) is 4.51. The van der Waals surface area contributed by atoms with Crippen LogP contribution in [0.4, 0.5) is 24.7 Å². The second kappa shape index (κ2) is 8.77. The van der Waals surface area contributed by atoms with E-state index in [-0.39, 0.29) is 18.8 Å². The molecular weight excluding hydrogens is 483 g/mol. The zero-order valence-corrected chi connectivity index (χ0v) is 19.3. The molecule has 3 N–H and O–H groups in total. The predicted molar refractivity (Wildman–Crippen MR) is 132 cm³/mol. The largest absolute Gasteiger partial charge is 0.395 e. The topological polar surface area (TPSA) is 103 Å². The Kier molecular flexibility index (Phi) is 5.40. The average Bonchev–Trinajstić information content (AvgIpc) is 3.53. The standard InChI is InChI=1S/C26H20F3N7O/c27-26(28,29)19-13-36(14-19)25(37)22-9-16-1-2-17(10-21(16)34-22)24-30-8-7-23(35-24)33-20-5-3-15(4-6-20)18-11-31-32-12-18/h1-12,19,34H,13-14H2,(H,31,32)(H,30,33,35). The lowest BCUT2D eigenvalue weighted by Gasteiger charge is -2.39. The Bertz CT molecular complexity index is 1570. The highest BCUT2D eigenvalue weighted by molar-refractivity contribution is 5.99. The van der Waals surface area contributed by atoms with Gasteiger partial charge >= 0.3 is 6.18 Å². The summed E-state index contributed by atoms with van der Waals surface area (Å²) in [5, 5.41) is 10.8. The molecule has 1 aliphatic rings. The fraction of sp³-hybridized carbons (Fsp3) is 0.154. The Balaban J connectivity index is 1.18. The van der Waals surface area contributed by atoms with Crippen LogP contribution in [0, 0.1) is 5.92 Å². The summed E-state index contributed by atoms with van der Waals surface area (Å²) < 4.78 is 38.3. The van der Waals surface area contributed by atoms with E-state index in [2.05, 4.69) is 30.5 Å². The Labute approximate surface area is 208 Å². The number of alkyl halides is 3. The molecule has 0 atom stereocenters. The molecule has 37 heavy (non-hydrogen) atoms. The van der Waals surface area contributed by atoms with Crippen LogP contribution in [0.2, 0.25) is 0 Å². The number of carbonyl (C=O) groups excluding carboxylic acids is 1. The van der Waals surface area contributed by atoms with E-state index in [0.29, 0.717) is 17.2 Å². The lowest BCUT2D eigenvalue weighted by Crippen LogP contribution is -2.55. The lowest BCUT2D eigenvalue weighted by molar-refractivity contribution is -0.202. The summed E-state index contributed by atoms with van der Waals surface area (Å²) in [5.41, 5.74) is 4.55. The number of halogens is 3. The van der Waals surface area contributed by atoms with E-state index < -0.39 is 18.0 Å². The van der Waals surface area contributed by atoms with Gasteiger partial charge < -0.3 is 15.2 Å². The van der Waals surface area contributed by atoms with Gasteiger partial charge in [0.1, 0.15) is 11.5 Å². The van der Waals surface area contributed by atoms with Crippen molar-refractivity contribution in [1.82, 2.24) is 30.0 Å². The Morgan fingerprint density at radius 1 is 1.00 bits per heavy atom. The molecule has 0 radical (unpaired) electrons. The summed E-state index contributed by atoms with van der Waals surface area (Å²) in [6.45, 7) is -0.634. The first-order valence-electron chi connectivity index (χ1n) is 11.5. The van der Waals surface area contributed by atoms with Crippen LogP contribution in [0.15, 0.2) is 73.2 Å². The van der Waals surface area contributed by atoms with Crippen LogP contribution in [0.3, 0.4) is 0 Å². The van der Waals surface area contributed by atoms with Crippen molar-refractivity contribution >= 4 is 28.3 Å². The summed E-state index contributed by atoms with van der Waals surface area (Å²) in [7, 11) is 0. The van der Waals surface area contributed by atoms with Gasteiger partial charge in [-0.1, -0.05) is 24.3 Å². The number of benzene rings is 2. The van der Waals surface area contributed by atoms with Gasteiger partial charge in [0.15, 0.2) is 5.82 Å². The zero-order chi connectivity index (χ0) is 25.6. The minimum absolute atomic E-state index is 0.253. The molecule has 6 rings (SSSR count). The minimum atomic E-state index is -4.28. The maximum atomic E-state index is 12.8. The van der Waals surface area contributed by atoms with Crippen molar-refractivity contribution in [2.24, 2.45) is 5.92 Å². The SMILES string of the molecule is O=C(c1cc2ccc(-c3nccc(Nc4ccc(-c5cn[nH]c5)cc4)n3)cc2[nH]1)N1CC(C(F)(F)F)C1. The van der Waals surface area contributed by atoms with E-state index in [1.165, 1.54) is 4.90 Å². The van der Waals surface area contributed by atoms with Crippen molar-refractivity contribution in [3.63, 3.8) is 0 Å². The molecule has 1 amide bonds. The van der Waals surface area contributed by atoms with E-state index in [4.69, 9.17) is 0 Å². The van der Waals surface area contributed by atoms with Crippen molar-refractivity contribution in [2.45, 2.75) is 6.18 Å². The fourth-order valence-corrected chi connectivity index (χ4v) is 4.27. The minimum Gasteiger partial charge on any atom is -0.351 e. The van der Waals surface area contributed by atoms with Gasteiger partial charge in [0, 0.05) is 53.2 Å². The lowest BCUT2D eigenvalue weighted by atomic mass is 9.99. The summed E-state index contributed by atoms with van der Waals surface area (Å²) in [6.07, 6.45) is 0.957. The Morgan fingerprint density at radius 2 is 1.78 bits per heavy atom. The molecule has 0 aliphatic carbocycles. The zero-order valence-electron chi connectivity index (χ0n) is 19.3. The van der Waals surface area contributed by atoms with E-state index in [9.17, 15) is 18.0 Å². The molecule has 1 fully saturated rings. The molecule has 0 bridgehead atoms. The number of H-pyrrole nitrogens is 2. The highest BCUT2D eigenvalue weighted by atomic mass is 19.4. The molecule has 186 valence electrons. The molecule has 2 aromatic carbocycles. The first kappa shape index (κ1) is 22.8. The van der Waals surface area contributed by atoms with Crippen LogP contribution in [-0.4, -0.2) is 55.2 Å². The van der Waals surface area contributed by atoms with E-state index in [1.807, 2.05) is 48.7 Å².